The standard InChI is InChI=1S/C23H39N5O6P2/c1-7-31-35(29,32-8-2)23(36(30,33-9-3)34-10-4)26-21-15-14-20(19-25-21)27(5)17-18-28(6)22-13-11-12-16-24-22/h11-16,19,23H,7-10,17-18H2,1-6H3,(H,25,26). The number of nitrogens with one attached hydrogen (secondary N) is 1. The SMILES string of the molecule is CCOP(=O)(OCC)C(Nc1ccc(N(C)CCN(C)c2ccccn2)cn1)P(=O)(OCC)OCC. The van der Waals surface area contributed by atoms with Gasteiger partial charge in [-0.15, -0.1) is 0 Å². The fourth-order valence-corrected chi connectivity index (χ4v) is 8.28. The van der Waals surface area contributed by atoms with Crippen LogP contribution >= 0.6 is 15.2 Å². The Balaban J connectivity index is 2.20. The molecule has 13 heteroatoms. The molecule has 0 fully saturated rings. The molecule has 2 aromatic rings. The molecular formula is C23H39N5O6P2. The van der Waals surface area contributed by atoms with Crippen molar-refractivity contribution in [2.75, 3.05) is 68.7 Å². The second-order valence-corrected chi connectivity index (χ2v) is 12.3. The number of likely N-dealkylation sites (N-methyl/N-ethyl adjacent to an activating group) is 2. The smallest absolute Gasteiger partial charge is 0.365 e. The van der Waals surface area contributed by atoms with Crippen molar-refractivity contribution in [2.24, 2.45) is 0 Å². The van der Waals surface area contributed by atoms with Crippen molar-refractivity contribution in [3.63, 3.8) is 0 Å². The molecule has 0 radical (unpaired) electrons. The van der Waals surface area contributed by atoms with Crippen LogP contribution in [0.1, 0.15) is 27.7 Å². The Hall–Kier alpha value is -2.00. The highest BCUT2D eigenvalue weighted by molar-refractivity contribution is 7.72. The van der Waals surface area contributed by atoms with E-state index in [9.17, 15) is 9.13 Å². The van der Waals surface area contributed by atoms with Gasteiger partial charge in [0.05, 0.1) is 38.3 Å². The number of pyridine rings is 2. The predicted molar refractivity (Wildman–Crippen MR) is 144 cm³/mol. The van der Waals surface area contributed by atoms with E-state index in [1.165, 1.54) is 0 Å². The van der Waals surface area contributed by atoms with Crippen molar-refractivity contribution < 1.29 is 27.2 Å². The first kappa shape index (κ1) is 30.2. The number of hydrogen-bond acceptors (Lipinski definition) is 11. The fraction of sp³-hybridized carbons (Fsp3) is 0.565. The molecule has 0 aromatic carbocycles. The van der Waals surface area contributed by atoms with Gasteiger partial charge < -0.3 is 33.2 Å². The number of hydrogen-bond donors (Lipinski definition) is 1. The van der Waals surface area contributed by atoms with E-state index >= 15 is 0 Å². The maximum atomic E-state index is 13.7. The van der Waals surface area contributed by atoms with Crippen LogP contribution in [0.25, 0.3) is 0 Å². The third kappa shape index (κ3) is 8.26. The zero-order valence-electron chi connectivity index (χ0n) is 22.0. The summed E-state index contributed by atoms with van der Waals surface area (Å²) in [5.74, 6) is 1.23. The van der Waals surface area contributed by atoms with Crippen LogP contribution < -0.4 is 15.1 Å². The third-order valence-electron chi connectivity index (χ3n) is 5.11. The zero-order valence-corrected chi connectivity index (χ0v) is 23.8. The van der Waals surface area contributed by atoms with Crippen molar-refractivity contribution in [3.8, 4) is 0 Å². The van der Waals surface area contributed by atoms with Gasteiger partial charge in [-0.05, 0) is 52.0 Å². The maximum Gasteiger partial charge on any atom is 0.365 e. The number of aromatic nitrogens is 2. The first-order chi connectivity index (χ1) is 17.2. The molecule has 0 aliphatic rings. The van der Waals surface area contributed by atoms with Crippen molar-refractivity contribution in [3.05, 3.63) is 42.7 Å². The molecule has 11 nitrogen and oxygen atoms in total. The molecule has 2 heterocycles. The van der Waals surface area contributed by atoms with Crippen LogP contribution in [0.3, 0.4) is 0 Å². The van der Waals surface area contributed by atoms with Gasteiger partial charge in [0.25, 0.3) is 0 Å². The minimum absolute atomic E-state index is 0.0951. The Kier molecular flexibility index (Phi) is 12.3. The largest absolute Gasteiger partial charge is 0.372 e. The Bertz CT molecular complexity index is 948. The minimum Gasteiger partial charge on any atom is -0.372 e. The van der Waals surface area contributed by atoms with Gasteiger partial charge in [0, 0.05) is 33.4 Å². The Morgan fingerprint density at radius 3 is 1.81 bits per heavy atom. The van der Waals surface area contributed by atoms with E-state index < -0.39 is 20.7 Å². The summed E-state index contributed by atoms with van der Waals surface area (Å²) in [4.78, 5) is 12.9. The van der Waals surface area contributed by atoms with Gasteiger partial charge in [-0.25, -0.2) is 9.97 Å². The van der Waals surface area contributed by atoms with E-state index in [1.54, 1.807) is 46.2 Å². The molecular weight excluding hydrogens is 504 g/mol. The van der Waals surface area contributed by atoms with Gasteiger partial charge in [-0.1, -0.05) is 6.07 Å². The van der Waals surface area contributed by atoms with Gasteiger partial charge >= 0.3 is 15.2 Å². The second kappa shape index (κ2) is 14.7. The summed E-state index contributed by atoms with van der Waals surface area (Å²) in [5, 5.41) is 2.96. The lowest BCUT2D eigenvalue weighted by Crippen LogP contribution is -2.31. The minimum atomic E-state index is -3.94. The highest BCUT2D eigenvalue weighted by Gasteiger charge is 2.51. The molecule has 0 aliphatic heterocycles. The van der Waals surface area contributed by atoms with Crippen LogP contribution in [-0.4, -0.2) is 69.1 Å². The fourth-order valence-electron chi connectivity index (χ4n) is 3.36. The number of nitrogens with zero attached hydrogens (tertiary/aromatic N) is 4. The van der Waals surface area contributed by atoms with E-state index in [0.717, 1.165) is 24.6 Å². The van der Waals surface area contributed by atoms with Crippen LogP contribution in [0.5, 0.6) is 0 Å². The molecule has 1 N–H and O–H groups in total. The monoisotopic (exact) mass is 543 g/mol. The molecule has 0 bridgehead atoms. The highest BCUT2D eigenvalue weighted by Crippen LogP contribution is 2.70. The third-order valence-corrected chi connectivity index (χ3v) is 10.7. The van der Waals surface area contributed by atoms with Crippen molar-refractivity contribution in [1.29, 1.82) is 0 Å². The first-order valence-electron chi connectivity index (χ1n) is 12.1. The summed E-state index contributed by atoms with van der Waals surface area (Å²) in [5.41, 5.74) is -0.505. The highest BCUT2D eigenvalue weighted by atomic mass is 31.2. The summed E-state index contributed by atoms with van der Waals surface area (Å²) >= 11 is 0. The number of anilines is 3. The molecule has 2 aromatic heterocycles. The number of rotatable bonds is 17. The zero-order chi connectivity index (χ0) is 26.6. The van der Waals surface area contributed by atoms with Crippen LogP contribution in [0.15, 0.2) is 42.7 Å². The van der Waals surface area contributed by atoms with Gasteiger partial charge in [0.2, 0.25) is 5.52 Å². The quantitative estimate of drug-likeness (QED) is 0.263. The van der Waals surface area contributed by atoms with Crippen molar-refractivity contribution in [1.82, 2.24) is 9.97 Å². The van der Waals surface area contributed by atoms with E-state index in [1.807, 2.05) is 38.4 Å². The Morgan fingerprint density at radius 2 is 1.36 bits per heavy atom. The Morgan fingerprint density at radius 1 is 0.806 bits per heavy atom. The van der Waals surface area contributed by atoms with Crippen LogP contribution in [0.2, 0.25) is 0 Å². The predicted octanol–water partition coefficient (Wildman–Crippen LogP) is 5.28. The maximum absolute atomic E-state index is 13.7. The van der Waals surface area contributed by atoms with Gasteiger partial charge in [-0.2, -0.15) is 0 Å². The molecule has 2 rings (SSSR count). The first-order valence-corrected chi connectivity index (χ1v) is 15.3. The normalized spacial score (nSPS) is 12.1. The molecule has 0 unspecified atom stereocenters. The van der Waals surface area contributed by atoms with Gasteiger partial charge in [-0.3, -0.25) is 9.13 Å². The molecule has 0 saturated carbocycles. The lowest BCUT2D eigenvalue weighted by molar-refractivity contribution is 0.198. The second-order valence-electron chi connectivity index (χ2n) is 7.70. The van der Waals surface area contributed by atoms with E-state index in [-0.39, 0.29) is 26.4 Å². The molecule has 36 heavy (non-hydrogen) atoms. The summed E-state index contributed by atoms with van der Waals surface area (Å²) in [6, 6.07) is 9.39. The van der Waals surface area contributed by atoms with Crippen molar-refractivity contribution >= 4 is 32.5 Å². The molecule has 0 spiro atoms. The summed E-state index contributed by atoms with van der Waals surface area (Å²) < 4.78 is 49.3. The Labute approximate surface area is 214 Å². The van der Waals surface area contributed by atoms with Gasteiger partial charge in [0.15, 0.2) is 0 Å². The molecule has 0 atom stereocenters. The van der Waals surface area contributed by atoms with E-state index in [0.29, 0.717) is 5.82 Å². The molecule has 202 valence electrons. The lowest BCUT2D eigenvalue weighted by atomic mass is 10.3. The summed E-state index contributed by atoms with van der Waals surface area (Å²) in [6.07, 6.45) is 3.45. The average molecular weight is 544 g/mol. The molecule has 0 saturated heterocycles. The van der Waals surface area contributed by atoms with Gasteiger partial charge in [0.1, 0.15) is 11.6 Å². The molecule has 0 amide bonds. The van der Waals surface area contributed by atoms with Crippen molar-refractivity contribution in [2.45, 2.75) is 33.2 Å². The van der Waals surface area contributed by atoms with Crippen LogP contribution in [0.4, 0.5) is 17.3 Å². The molecule has 0 aliphatic carbocycles. The summed E-state index contributed by atoms with van der Waals surface area (Å²) in [6.45, 7) is 8.61. The summed E-state index contributed by atoms with van der Waals surface area (Å²) in [7, 11) is -3.93. The van der Waals surface area contributed by atoms with Crippen LogP contribution in [-0.2, 0) is 27.2 Å². The average Bonchev–Trinajstić information content (AvgIpc) is 2.87. The van der Waals surface area contributed by atoms with Crippen LogP contribution in [0, 0.1) is 0 Å². The topological polar surface area (TPSA) is 115 Å². The van der Waals surface area contributed by atoms with E-state index in [2.05, 4.69) is 25.1 Å². The van der Waals surface area contributed by atoms with E-state index in [4.69, 9.17) is 18.1 Å². The lowest BCUT2D eigenvalue weighted by Gasteiger charge is -2.32.